The van der Waals surface area contributed by atoms with Crippen LogP contribution < -0.4 is 10.5 Å². The number of nitrogens with zero attached hydrogens (tertiary/aromatic N) is 1. The Kier molecular flexibility index (Phi) is 3.71. The molecule has 13 heavy (non-hydrogen) atoms. The number of nitrogens with two attached hydrogens (primary N) is 1. The molecule has 72 valence electrons. The van der Waals surface area contributed by atoms with Crippen LogP contribution in [0.3, 0.4) is 0 Å². The summed E-state index contributed by atoms with van der Waals surface area (Å²) in [7, 11) is 1.66. The summed E-state index contributed by atoms with van der Waals surface area (Å²) >= 11 is 0. The van der Waals surface area contributed by atoms with E-state index < -0.39 is 0 Å². The van der Waals surface area contributed by atoms with Crippen molar-refractivity contribution in [1.82, 2.24) is 4.98 Å². The Labute approximate surface area is 78.9 Å². The molecule has 0 aliphatic heterocycles. The van der Waals surface area contributed by atoms with Crippen molar-refractivity contribution in [1.29, 1.82) is 0 Å². The van der Waals surface area contributed by atoms with Crippen molar-refractivity contribution in [3.63, 3.8) is 0 Å². The molecule has 0 bridgehead atoms. The molecule has 3 heteroatoms. The largest absolute Gasteiger partial charge is 0.495 e. The molecule has 0 aliphatic carbocycles. The van der Waals surface area contributed by atoms with E-state index in [2.05, 4.69) is 11.9 Å². The van der Waals surface area contributed by atoms with Crippen LogP contribution in [0, 0.1) is 0 Å². The van der Waals surface area contributed by atoms with Gasteiger partial charge in [0, 0.05) is 18.3 Å². The minimum atomic E-state index is 0.502. The summed E-state index contributed by atoms with van der Waals surface area (Å²) in [5.74, 6) is 0.854. The second-order valence-corrected chi connectivity index (χ2v) is 2.90. The maximum absolute atomic E-state index is 5.58. The Bertz CT molecular complexity index is 274. The van der Waals surface area contributed by atoms with Crippen molar-refractivity contribution in [2.24, 2.45) is 5.73 Å². The number of hydrogen-bond donors (Lipinski definition) is 1. The number of aromatic nitrogens is 1. The van der Waals surface area contributed by atoms with Crippen molar-refractivity contribution in [2.45, 2.75) is 26.3 Å². The van der Waals surface area contributed by atoms with Gasteiger partial charge in [-0.25, -0.2) is 0 Å². The van der Waals surface area contributed by atoms with Gasteiger partial charge in [-0.1, -0.05) is 13.3 Å². The predicted molar refractivity (Wildman–Crippen MR) is 52.7 cm³/mol. The molecule has 0 saturated carbocycles. The lowest BCUT2D eigenvalue weighted by Gasteiger charge is -2.10. The van der Waals surface area contributed by atoms with Crippen LogP contribution in [0.25, 0.3) is 0 Å². The zero-order chi connectivity index (χ0) is 9.68. The summed E-state index contributed by atoms with van der Waals surface area (Å²) < 4.78 is 5.28. The summed E-state index contributed by atoms with van der Waals surface area (Å²) in [6.45, 7) is 2.62. The molecule has 2 N–H and O–H groups in total. The first-order chi connectivity index (χ1) is 6.33. The summed E-state index contributed by atoms with van der Waals surface area (Å²) in [5, 5.41) is 0. The van der Waals surface area contributed by atoms with E-state index in [1.165, 1.54) is 0 Å². The first-order valence-electron chi connectivity index (χ1n) is 4.54. The highest BCUT2D eigenvalue weighted by molar-refractivity contribution is 5.36. The number of pyridine rings is 1. The number of hydrogen-bond acceptors (Lipinski definition) is 3. The highest BCUT2D eigenvalue weighted by Crippen LogP contribution is 2.22. The zero-order valence-corrected chi connectivity index (χ0v) is 8.21. The molecule has 0 atom stereocenters. The molecule has 0 spiro atoms. The van der Waals surface area contributed by atoms with E-state index in [1.54, 1.807) is 13.3 Å². The van der Waals surface area contributed by atoms with Crippen molar-refractivity contribution in [2.75, 3.05) is 7.11 Å². The van der Waals surface area contributed by atoms with E-state index in [1.807, 2.05) is 6.07 Å². The average molecular weight is 180 g/mol. The lowest BCUT2D eigenvalue weighted by molar-refractivity contribution is 0.401. The normalized spacial score (nSPS) is 10.1. The monoisotopic (exact) mass is 180 g/mol. The smallest absolute Gasteiger partial charge is 0.144 e. The molecule has 0 amide bonds. The summed E-state index contributed by atoms with van der Waals surface area (Å²) in [6.07, 6.45) is 3.80. The van der Waals surface area contributed by atoms with Gasteiger partial charge in [0.25, 0.3) is 0 Å². The minimum absolute atomic E-state index is 0.502. The average Bonchev–Trinajstić information content (AvgIpc) is 2.18. The molecule has 0 saturated heterocycles. The van der Waals surface area contributed by atoms with Crippen LogP contribution in [-0.2, 0) is 13.0 Å². The number of methoxy groups -OCH3 is 1. The number of aryl methyl sites for hydroxylation is 1. The molecule has 0 unspecified atom stereocenters. The van der Waals surface area contributed by atoms with Crippen LogP contribution in [-0.4, -0.2) is 12.1 Å². The first kappa shape index (κ1) is 9.99. The van der Waals surface area contributed by atoms with Gasteiger partial charge >= 0.3 is 0 Å². The number of ether oxygens (including phenoxy) is 1. The molecule has 3 nitrogen and oxygen atoms in total. The van der Waals surface area contributed by atoms with Gasteiger partial charge in [-0.05, 0) is 12.5 Å². The SMILES string of the molecule is CCCc1nccc(CN)c1OC. The zero-order valence-electron chi connectivity index (χ0n) is 8.21. The second kappa shape index (κ2) is 4.82. The van der Waals surface area contributed by atoms with Gasteiger partial charge < -0.3 is 10.5 Å². The van der Waals surface area contributed by atoms with E-state index >= 15 is 0 Å². The molecule has 0 aliphatic rings. The number of rotatable bonds is 4. The van der Waals surface area contributed by atoms with Crippen LogP contribution in [0.15, 0.2) is 12.3 Å². The third-order valence-corrected chi connectivity index (χ3v) is 1.97. The molecular formula is C10H16N2O. The van der Waals surface area contributed by atoms with Gasteiger partial charge in [0.15, 0.2) is 0 Å². The van der Waals surface area contributed by atoms with Gasteiger partial charge in [0.2, 0.25) is 0 Å². The van der Waals surface area contributed by atoms with Crippen LogP contribution in [0.1, 0.15) is 24.6 Å². The van der Waals surface area contributed by atoms with E-state index in [0.29, 0.717) is 6.54 Å². The van der Waals surface area contributed by atoms with Gasteiger partial charge in [0.05, 0.1) is 12.8 Å². The highest BCUT2D eigenvalue weighted by atomic mass is 16.5. The van der Waals surface area contributed by atoms with E-state index in [-0.39, 0.29) is 0 Å². The molecular weight excluding hydrogens is 164 g/mol. The lowest BCUT2D eigenvalue weighted by atomic mass is 10.1. The first-order valence-corrected chi connectivity index (χ1v) is 4.54. The molecule has 0 aromatic carbocycles. The second-order valence-electron chi connectivity index (χ2n) is 2.90. The molecule has 1 aromatic rings. The van der Waals surface area contributed by atoms with Gasteiger partial charge in [-0.3, -0.25) is 4.98 Å². The van der Waals surface area contributed by atoms with Crippen LogP contribution in [0.5, 0.6) is 5.75 Å². The molecule has 1 aromatic heterocycles. The van der Waals surface area contributed by atoms with Crippen LogP contribution >= 0.6 is 0 Å². The lowest BCUT2D eigenvalue weighted by Crippen LogP contribution is -2.04. The fraction of sp³-hybridized carbons (Fsp3) is 0.500. The minimum Gasteiger partial charge on any atom is -0.495 e. The maximum atomic E-state index is 5.58. The Morgan fingerprint density at radius 2 is 2.31 bits per heavy atom. The Morgan fingerprint density at radius 3 is 2.85 bits per heavy atom. The fourth-order valence-corrected chi connectivity index (χ4v) is 1.36. The van der Waals surface area contributed by atoms with E-state index in [0.717, 1.165) is 29.8 Å². The van der Waals surface area contributed by atoms with Crippen molar-refractivity contribution < 1.29 is 4.74 Å². The maximum Gasteiger partial charge on any atom is 0.144 e. The third-order valence-electron chi connectivity index (χ3n) is 1.97. The fourth-order valence-electron chi connectivity index (χ4n) is 1.36. The van der Waals surface area contributed by atoms with Crippen LogP contribution in [0.4, 0.5) is 0 Å². The summed E-state index contributed by atoms with van der Waals surface area (Å²) in [5.41, 5.74) is 7.62. The topological polar surface area (TPSA) is 48.1 Å². The van der Waals surface area contributed by atoms with Crippen LogP contribution in [0.2, 0.25) is 0 Å². The molecule has 0 fully saturated rings. The Morgan fingerprint density at radius 1 is 1.54 bits per heavy atom. The van der Waals surface area contributed by atoms with Crippen molar-refractivity contribution >= 4 is 0 Å². The van der Waals surface area contributed by atoms with Gasteiger partial charge in [-0.2, -0.15) is 0 Å². The molecule has 1 heterocycles. The van der Waals surface area contributed by atoms with Gasteiger partial charge in [-0.15, -0.1) is 0 Å². The van der Waals surface area contributed by atoms with E-state index in [9.17, 15) is 0 Å². The quantitative estimate of drug-likeness (QED) is 0.763. The highest BCUT2D eigenvalue weighted by Gasteiger charge is 2.07. The van der Waals surface area contributed by atoms with Crippen molar-refractivity contribution in [3.8, 4) is 5.75 Å². The van der Waals surface area contributed by atoms with E-state index in [4.69, 9.17) is 10.5 Å². The Hall–Kier alpha value is -1.09. The third kappa shape index (κ3) is 2.18. The predicted octanol–water partition coefficient (Wildman–Crippen LogP) is 1.50. The van der Waals surface area contributed by atoms with Gasteiger partial charge in [0.1, 0.15) is 5.75 Å². The standard InChI is InChI=1S/C10H16N2O/c1-3-4-9-10(13-2)8(7-11)5-6-12-9/h5-6H,3-4,7,11H2,1-2H3. The Balaban J connectivity index is 3.03. The summed E-state index contributed by atoms with van der Waals surface area (Å²) in [4.78, 5) is 4.27. The van der Waals surface area contributed by atoms with Crippen molar-refractivity contribution in [3.05, 3.63) is 23.5 Å². The summed E-state index contributed by atoms with van der Waals surface area (Å²) in [6, 6.07) is 1.90. The molecule has 0 radical (unpaired) electrons. The molecule has 1 rings (SSSR count).